The van der Waals surface area contributed by atoms with E-state index in [0.717, 1.165) is 11.1 Å². The second-order valence-corrected chi connectivity index (χ2v) is 8.99. The normalized spacial score (nSPS) is 15.0. The highest BCUT2D eigenvalue weighted by atomic mass is 16.4. The first-order chi connectivity index (χ1) is 17.1. The van der Waals surface area contributed by atoms with Gasteiger partial charge in [-0.2, -0.15) is 0 Å². The van der Waals surface area contributed by atoms with Gasteiger partial charge in [-0.3, -0.25) is 19.2 Å². The molecule has 2 aromatic carbocycles. The Morgan fingerprint density at radius 2 is 1.31 bits per heavy atom. The van der Waals surface area contributed by atoms with Crippen LogP contribution in [-0.2, 0) is 32.0 Å². The highest BCUT2D eigenvalue weighted by Gasteiger charge is 2.32. The van der Waals surface area contributed by atoms with Crippen molar-refractivity contribution in [3.05, 3.63) is 71.8 Å². The van der Waals surface area contributed by atoms with Crippen LogP contribution >= 0.6 is 0 Å². The highest BCUT2D eigenvalue weighted by molar-refractivity contribution is 5.94. The number of nitrogens with one attached hydrogen (secondary N) is 3. The molecule has 2 rings (SSSR count). The third-order valence-electron chi connectivity index (χ3n) is 6.07. The molecule has 0 radical (unpaired) electrons. The Bertz CT molecular complexity index is 1020. The molecule has 9 heteroatoms. The van der Waals surface area contributed by atoms with E-state index in [1.165, 1.54) is 6.92 Å². The maximum Gasteiger partial charge on any atom is 0.325 e. The molecule has 0 fully saturated rings. The zero-order valence-electron chi connectivity index (χ0n) is 20.9. The summed E-state index contributed by atoms with van der Waals surface area (Å²) in [6.07, 6.45) is 1.06. The summed E-state index contributed by atoms with van der Waals surface area (Å²) in [5.74, 6) is -3.10. The van der Waals surface area contributed by atoms with Gasteiger partial charge in [0.2, 0.25) is 17.7 Å². The summed E-state index contributed by atoms with van der Waals surface area (Å²) >= 11 is 0. The summed E-state index contributed by atoms with van der Waals surface area (Å²) in [7, 11) is 0. The van der Waals surface area contributed by atoms with Crippen LogP contribution in [0.15, 0.2) is 60.7 Å². The smallest absolute Gasteiger partial charge is 0.325 e. The van der Waals surface area contributed by atoms with Crippen molar-refractivity contribution in [2.45, 2.75) is 64.2 Å². The minimum absolute atomic E-state index is 0.191. The topological polar surface area (TPSA) is 151 Å². The van der Waals surface area contributed by atoms with Gasteiger partial charge in [-0.15, -0.1) is 0 Å². The van der Waals surface area contributed by atoms with Crippen LogP contribution in [0.5, 0.6) is 0 Å². The van der Waals surface area contributed by atoms with Crippen LogP contribution in [-0.4, -0.2) is 53.0 Å². The van der Waals surface area contributed by atoms with E-state index >= 15 is 0 Å². The van der Waals surface area contributed by atoms with E-state index in [-0.39, 0.29) is 12.3 Å². The molecule has 0 aliphatic rings. The largest absolute Gasteiger partial charge is 0.480 e. The van der Waals surface area contributed by atoms with Crippen molar-refractivity contribution in [2.75, 3.05) is 0 Å². The minimum Gasteiger partial charge on any atom is -0.480 e. The van der Waals surface area contributed by atoms with Gasteiger partial charge >= 0.3 is 5.97 Å². The molecule has 0 saturated carbocycles. The zero-order chi connectivity index (χ0) is 26.7. The first-order valence-electron chi connectivity index (χ1n) is 12.1. The van der Waals surface area contributed by atoms with Gasteiger partial charge < -0.3 is 26.8 Å². The minimum atomic E-state index is -1.18. The van der Waals surface area contributed by atoms with Crippen molar-refractivity contribution < 1.29 is 24.3 Å². The number of carboxylic acids is 1. The molecular formula is C27H36N4O5. The predicted molar refractivity (Wildman–Crippen MR) is 137 cm³/mol. The fraction of sp³-hybridized carbons (Fsp3) is 0.407. The lowest BCUT2D eigenvalue weighted by atomic mass is 9.96. The van der Waals surface area contributed by atoms with Crippen molar-refractivity contribution in [3.8, 4) is 0 Å². The van der Waals surface area contributed by atoms with Gasteiger partial charge in [0.05, 0.1) is 6.04 Å². The molecule has 9 nitrogen and oxygen atoms in total. The van der Waals surface area contributed by atoms with Crippen LogP contribution < -0.4 is 21.7 Å². The number of aliphatic carboxylic acids is 1. The number of hydrogen-bond donors (Lipinski definition) is 5. The van der Waals surface area contributed by atoms with Crippen LogP contribution in [0.4, 0.5) is 0 Å². The first-order valence-corrected chi connectivity index (χ1v) is 12.1. The van der Waals surface area contributed by atoms with E-state index in [9.17, 15) is 19.2 Å². The summed E-state index contributed by atoms with van der Waals surface area (Å²) in [5.41, 5.74) is 7.84. The van der Waals surface area contributed by atoms with Crippen molar-refractivity contribution >= 4 is 23.7 Å². The molecule has 6 N–H and O–H groups in total. The first kappa shape index (κ1) is 28.5. The van der Waals surface area contributed by atoms with E-state index in [0.29, 0.717) is 12.8 Å². The predicted octanol–water partition coefficient (Wildman–Crippen LogP) is 1.40. The summed E-state index contributed by atoms with van der Waals surface area (Å²) in [6, 6.07) is 14.6. The monoisotopic (exact) mass is 496 g/mol. The van der Waals surface area contributed by atoms with Gasteiger partial charge in [0.1, 0.15) is 18.1 Å². The fourth-order valence-electron chi connectivity index (χ4n) is 3.62. The fourth-order valence-corrected chi connectivity index (χ4v) is 3.62. The molecule has 0 bridgehead atoms. The van der Waals surface area contributed by atoms with E-state index in [1.807, 2.05) is 67.6 Å². The molecule has 194 valence electrons. The number of carboxylic acid groups (broad SMARTS) is 1. The number of benzene rings is 2. The number of hydrogen-bond acceptors (Lipinski definition) is 5. The quantitative estimate of drug-likeness (QED) is 0.283. The molecule has 5 unspecified atom stereocenters. The molecule has 0 aliphatic heterocycles. The Kier molecular flexibility index (Phi) is 11.1. The average Bonchev–Trinajstić information content (AvgIpc) is 2.87. The number of rotatable bonds is 13. The molecule has 5 atom stereocenters. The van der Waals surface area contributed by atoms with Crippen LogP contribution in [0.25, 0.3) is 0 Å². The van der Waals surface area contributed by atoms with Gasteiger partial charge in [-0.1, -0.05) is 80.9 Å². The number of amides is 3. The van der Waals surface area contributed by atoms with E-state index in [1.54, 1.807) is 6.92 Å². The second kappa shape index (κ2) is 14.0. The third-order valence-corrected chi connectivity index (χ3v) is 6.07. The molecule has 0 aromatic heterocycles. The maximum absolute atomic E-state index is 13.4. The zero-order valence-corrected chi connectivity index (χ0v) is 20.9. The number of carbonyl (C=O) groups is 4. The summed E-state index contributed by atoms with van der Waals surface area (Å²) in [4.78, 5) is 50.3. The molecule has 0 saturated heterocycles. The molecule has 0 heterocycles. The molecule has 0 spiro atoms. The van der Waals surface area contributed by atoms with Gasteiger partial charge in [0, 0.05) is 6.42 Å². The van der Waals surface area contributed by atoms with E-state index in [2.05, 4.69) is 16.0 Å². The Balaban J connectivity index is 2.20. The SMILES string of the molecule is CCC(C)C(NC(=O)C(Cc1ccccc1)NC(=O)C(N)Cc1ccccc1)C(=O)NC(C)C(=O)O. The van der Waals surface area contributed by atoms with Crippen LogP contribution in [0.3, 0.4) is 0 Å². The second-order valence-electron chi connectivity index (χ2n) is 8.99. The standard InChI is InChI=1S/C27H36N4O5/c1-4-17(2)23(26(34)29-18(3)27(35)36)31-25(33)22(16-20-13-9-6-10-14-20)30-24(32)21(28)15-19-11-7-5-8-12-19/h5-14,17-18,21-23H,4,15-16,28H2,1-3H3,(H,29,34)(H,30,32)(H,31,33)(H,35,36). The van der Waals surface area contributed by atoms with Crippen molar-refractivity contribution in [3.63, 3.8) is 0 Å². The summed E-state index contributed by atoms with van der Waals surface area (Å²) < 4.78 is 0. The Hall–Kier alpha value is -3.72. The summed E-state index contributed by atoms with van der Waals surface area (Å²) in [5, 5.41) is 17.0. The van der Waals surface area contributed by atoms with Crippen LogP contribution in [0.2, 0.25) is 0 Å². The molecular weight excluding hydrogens is 460 g/mol. The number of carbonyl (C=O) groups excluding carboxylic acids is 3. The van der Waals surface area contributed by atoms with Gasteiger partial charge in [0.15, 0.2) is 0 Å². The molecule has 36 heavy (non-hydrogen) atoms. The van der Waals surface area contributed by atoms with E-state index < -0.39 is 47.9 Å². The van der Waals surface area contributed by atoms with Crippen molar-refractivity contribution in [1.82, 2.24) is 16.0 Å². The van der Waals surface area contributed by atoms with Crippen LogP contribution in [0, 0.1) is 5.92 Å². The molecule has 3 amide bonds. The van der Waals surface area contributed by atoms with E-state index in [4.69, 9.17) is 10.8 Å². The van der Waals surface area contributed by atoms with Gasteiger partial charge in [-0.05, 0) is 30.4 Å². The van der Waals surface area contributed by atoms with Gasteiger partial charge in [0.25, 0.3) is 0 Å². The molecule has 0 aliphatic carbocycles. The Morgan fingerprint density at radius 3 is 1.81 bits per heavy atom. The number of nitrogens with two attached hydrogens (primary N) is 1. The lowest BCUT2D eigenvalue weighted by Gasteiger charge is -2.27. The lowest BCUT2D eigenvalue weighted by molar-refractivity contribution is -0.142. The Morgan fingerprint density at radius 1 is 0.778 bits per heavy atom. The van der Waals surface area contributed by atoms with Gasteiger partial charge in [-0.25, -0.2) is 0 Å². The summed E-state index contributed by atoms with van der Waals surface area (Å²) in [6.45, 7) is 5.00. The average molecular weight is 497 g/mol. The maximum atomic E-state index is 13.4. The molecule has 2 aromatic rings. The van der Waals surface area contributed by atoms with Crippen molar-refractivity contribution in [2.24, 2.45) is 11.7 Å². The lowest BCUT2D eigenvalue weighted by Crippen LogP contribution is -2.59. The third kappa shape index (κ3) is 8.81. The van der Waals surface area contributed by atoms with Crippen LogP contribution in [0.1, 0.15) is 38.3 Å². The Labute approximate surface area is 211 Å². The van der Waals surface area contributed by atoms with Crippen molar-refractivity contribution in [1.29, 1.82) is 0 Å². The highest BCUT2D eigenvalue weighted by Crippen LogP contribution is 2.11.